The molecule has 7 nitrogen and oxygen atoms in total. The summed E-state index contributed by atoms with van der Waals surface area (Å²) in [5, 5.41) is 5.89. The van der Waals surface area contributed by atoms with E-state index in [-0.39, 0.29) is 23.4 Å². The third-order valence-electron chi connectivity index (χ3n) is 3.78. The molecule has 0 saturated heterocycles. The van der Waals surface area contributed by atoms with Crippen LogP contribution in [0.3, 0.4) is 0 Å². The lowest BCUT2D eigenvalue weighted by Gasteiger charge is -2.10. The zero-order valence-corrected chi connectivity index (χ0v) is 15.4. The van der Waals surface area contributed by atoms with Crippen molar-refractivity contribution in [3.05, 3.63) is 60.7 Å². The molecule has 144 valence electrons. The van der Waals surface area contributed by atoms with Crippen LogP contribution in [-0.2, 0) is 4.79 Å². The Morgan fingerprint density at radius 2 is 2.11 bits per heavy atom. The molecule has 0 atom stereocenters. The van der Waals surface area contributed by atoms with Crippen LogP contribution in [0.2, 0.25) is 0 Å². The Morgan fingerprint density at radius 1 is 1.32 bits per heavy atom. The molecule has 0 saturated carbocycles. The van der Waals surface area contributed by atoms with Crippen LogP contribution in [0.25, 0.3) is 11.0 Å². The third kappa shape index (κ3) is 4.17. The molecule has 28 heavy (non-hydrogen) atoms. The number of nitrogens with zero attached hydrogens (tertiary/aromatic N) is 1. The molecule has 0 bridgehead atoms. The van der Waals surface area contributed by atoms with Gasteiger partial charge in [0.25, 0.3) is 5.91 Å². The first-order valence-corrected chi connectivity index (χ1v) is 8.56. The fraction of sp³-hybridized carbons (Fsp3) is 0.150. The molecule has 0 unspecified atom stereocenters. The van der Waals surface area contributed by atoms with Crippen molar-refractivity contribution in [3.63, 3.8) is 0 Å². The van der Waals surface area contributed by atoms with Crippen molar-refractivity contribution >= 4 is 28.5 Å². The Labute approximate surface area is 160 Å². The summed E-state index contributed by atoms with van der Waals surface area (Å²) in [4.78, 5) is 30.9. The maximum absolute atomic E-state index is 14.1. The molecule has 1 aromatic carbocycles. The molecule has 3 N–H and O–H groups in total. The number of carbonyl (C=O) groups is 2. The predicted octanol–water partition coefficient (Wildman–Crippen LogP) is 3.76. The van der Waals surface area contributed by atoms with Crippen molar-refractivity contribution in [3.8, 4) is 11.5 Å². The monoisotopic (exact) mass is 382 g/mol. The number of rotatable bonds is 6. The number of hydrogen-bond acceptors (Lipinski definition) is 4. The zero-order chi connectivity index (χ0) is 20.3. The number of halogens is 1. The Morgan fingerprint density at radius 3 is 2.82 bits per heavy atom. The van der Waals surface area contributed by atoms with Crippen molar-refractivity contribution in [2.75, 3.05) is 5.32 Å². The highest BCUT2D eigenvalue weighted by Crippen LogP contribution is 2.29. The SMILES string of the molecule is C=CC(=O)Nc1ccc(F)c(Oc2cnc3[nH]cc(C(=O)NC(C)C)c3c2)c1. The molecule has 3 rings (SSSR count). The van der Waals surface area contributed by atoms with E-state index in [1.165, 1.54) is 24.4 Å². The molecule has 0 radical (unpaired) electrons. The van der Waals surface area contributed by atoms with E-state index in [1.54, 1.807) is 12.3 Å². The summed E-state index contributed by atoms with van der Waals surface area (Å²) < 4.78 is 19.7. The molecule has 2 aromatic heterocycles. The molecular weight excluding hydrogens is 363 g/mol. The van der Waals surface area contributed by atoms with Gasteiger partial charge in [-0.05, 0) is 38.1 Å². The molecule has 3 aromatic rings. The number of pyridine rings is 1. The van der Waals surface area contributed by atoms with Crippen molar-refractivity contribution in [1.29, 1.82) is 0 Å². The van der Waals surface area contributed by atoms with Crippen LogP contribution >= 0.6 is 0 Å². The number of fused-ring (bicyclic) bond motifs is 1. The lowest BCUT2D eigenvalue weighted by atomic mass is 10.2. The second kappa shape index (κ2) is 7.91. The number of anilines is 1. The maximum atomic E-state index is 14.1. The first kappa shape index (κ1) is 19.1. The van der Waals surface area contributed by atoms with Gasteiger partial charge in [0.15, 0.2) is 11.6 Å². The van der Waals surface area contributed by atoms with Gasteiger partial charge in [-0.1, -0.05) is 6.58 Å². The maximum Gasteiger partial charge on any atom is 0.253 e. The van der Waals surface area contributed by atoms with Gasteiger partial charge in [-0.25, -0.2) is 9.37 Å². The highest BCUT2D eigenvalue weighted by molar-refractivity contribution is 6.06. The van der Waals surface area contributed by atoms with E-state index in [9.17, 15) is 14.0 Å². The quantitative estimate of drug-likeness (QED) is 0.566. The summed E-state index contributed by atoms with van der Waals surface area (Å²) in [6.07, 6.45) is 4.08. The van der Waals surface area contributed by atoms with Crippen LogP contribution < -0.4 is 15.4 Å². The Balaban J connectivity index is 1.90. The number of hydrogen-bond donors (Lipinski definition) is 3. The van der Waals surface area contributed by atoms with Crippen molar-refractivity contribution in [2.45, 2.75) is 19.9 Å². The van der Waals surface area contributed by atoms with Gasteiger partial charge in [0, 0.05) is 29.4 Å². The minimum Gasteiger partial charge on any atom is -0.453 e. The number of benzene rings is 1. The van der Waals surface area contributed by atoms with Crippen LogP contribution in [-0.4, -0.2) is 27.8 Å². The first-order valence-electron chi connectivity index (χ1n) is 8.56. The van der Waals surface area contributed by atoms with Crippen LogP contribution in [0.4, 0.5) is 10.1 Å². The van der Waals surface area contributed by atoms with Crippen molar-refractivity contribution < 1.29 is 18.7 Å². The van der Waals surface area contributed by atoms with E-state index in [0.717, 1.165) is 6.08 Å². The average molecular weight is 382 g/mol. The summed E-state index contributed by atoms with van der Waals surface area (Å²) in [5.41, 5.74) is 1.27. The number of aromatic amines is 1. The fourth-order valence-electron chi connectivity index (χ4n) is 2.55. The number of aromatic nitrogens is 2. The molecule has 0 fully saturated rings. The van der Waals surface area contributed by atoms with Gasteiger partial charge in [-0.3, -0.25) is 9.59 Å². The first-order chi connectivity index (χ1) is 13.4. The molecule has 2 heterocycles. The average Bonchev–Trinajstić information content (AvgIpc) is 3.07. The van der Waals surface area contributed by atoms with E-state index in [4.69, 9.17) is 4.74 Å². The largest absolute Gasteiger partial charge is 0.453 e. The Hall–Kier alpha value is -3.68. The molecule has 2 amide bonds. The molecule has 0 aliphatic carbocycles. The second-order valence-corrected chi connectivity index (χ2v) is 6.34. The summed E-state index contributed by atoms with van der Waals surface area (Å²) in [6.45, 7) is 7.09. The van der Waals surface area contributed by atoms with Crippen LogP contribution in [0.1, 0.15) is 24.2 Å². The highest BCUT2D eigenvalue weighted by Gasteiger charge is 2.15. The van der Waals surface area contributed by atoms with Crippen LogP contribution in [0.5, 0.6) is 11.5 Å². The van der Waals surface area contributed by atoms with E-state index in [0.29, 0.717) is 22.3 Å². The van der Waals surface area contributed by atoms with Crippen LogP contribution in [0.15, 0.2) is 49.3 Å². The third-order valence-corrected chi connectivity index (χ3v) is 3.78. The van der Waals surface area contributed by atoms with E-state index in [1.807, 2.05) is 13.8 Å². The lowest BCUT2D eigenvalue weighted by molar-refractivity contribution is -0.111. The number of ether oxygens (including phenoxy) is 1. The fourth-order valence-corrected chi connectivity index (χ4v) is 2.55. The number of amides is 2. The van der Waals surface area contributed by atoms with Gasteiger partial charge in [-0.2, -0.15) is 0 Å². The lowest BCUT2D eigenvalue weighted by Crippen LogP contribution is -2.29. The molecule has 0 aliphatic heterocycles. The van der Waals surface area contributed by atoms with Gasteiger partial charge < -0.3 is 20.4 Å². The van der Waals surface area contributed by atoms with Gasteiger partial charge in [0.05, 0.1) is 11.8 Å². The second-order valence-electron chi connectivity index (χ2n) is 6.34. The van der Waals surface area contributed by atoms with Gasteiger partial charge >= 0.3 is 0 Å². The summed E-state index contributed by atoms with van der Waals surface area (Å²) >= 11 is 0. The summed E-state index contributed by atoms with van der Waals surface area (Å²) in [5.74, 6) is -1.12. The van der Waals surface area contributed by atoms with Gasteiger partial charge in [0.1, 0.15) is 11.4 Å². The smallest absolute Gasteiger partial charge is 0.253 e. The molecular formula is C20H19FN4O3. The topological polar surface area (TPSA) is 96.1 Å². The number of carbonyl (C=O) groups excluding carboxylic acids is 2. The van der Waals surface area contributed by atoms with Gasteiger partial charge in [0.2, 0.25) is 5.91 Å². The number of nitrogens with one attached hydrogen (secondary N) is 3. The molecule has 8 heteroatoms. The molecule has 0 spiro atoms. The minimum atomic E-state index is -0.608. The molecule has 0 aliphatic rings. The van der Waals surface area contributed by atoms with E-state index in [2.05, 4.69) is 27.2 Å². The highest BCUT2D eigenvalue weighted by atomic mass is 19.1. The number of H-pyrrole nitrogens is 1. The Kier molecular flexibility index (Phi) is 5.39. The predicted molar refractivity (Wildman–Crippen MR) is 104 cm³/mol. The van der Waals surface area contributed by atoms with E-state index >= 15 is 0 Å². The van der Waals surface area contributed by atoms with Crippen molar-refractivity contribution in [1.82, 2.24) is 15.3 Å². The summed E-state index contributed by atoms with van der Waals surface area (Å²) in [7, 11) is 0. The minimum absolute atomic E-state index is 0.0209. The Bertz CT molecular complexity index is 1060. The summed E-state index contributed by atoms with van der Waals surface area (Å²) in [6, 6.07) is 5.52. The van der Waals surface area contributed by atoms with Gasteiger partial charge in [-0.15, -0.1) is 0 Å². The van der Waals surface area contributed by atoms with Crippen molar-refractivity contribution in [2.24, 2.45) is 0 Å². The normalized spacial score (nSPS) is 10.7. The van der Waals surface area contributed by atoms with Crippen LogP contribution in [0, 0.1) is 5.82 Å². The van der Waals surface area contributed by atoms with E-state index < -0.39 is 11.7 Å². The zero-order valence-electron chi connectivity index (χ0n) is 15.4. The standard InChI is InChI=1S/C20H19FN4O3/c1-4-18(26)25-12-5-6-16(21)17(7-12)28-13-8-14-15(20(27)24-11(2)3)10-23-19(14)22-9-13/h4-11H,1H2,2-3H3,(H,22,23)(H,24,27)(H,25,26).